The van der Waals surface area contributed by atoms with Crippen LogP contribution in [-0.4, -0.2) is 17.8 Å². The van der Waals surface area contributed by atoms with Crippen LogP contribution in [0, 0.1) is 0 Å². The van der Waals surface area contributed by atoms with E-state index >= 15 is 0 Å². The normalized spacial score (nSPS) is 10.3. The minimum Gasteiger partial charge on any atom is -0.352 e. The number of benzene rings is 1. The molecular weight excluding hydrogens is 325 g/mol. The van der Waals surface area contributed by atoms with E-state index in [0.717, 1.165) is 24.6 Å². The number of rotatable bonds is 6. The molecule has 1 N–H and O–H groups in total. The average Bonchev–Trinajstić information content (AvgIpc) is 2.27. The number of halogens is 3. The molecule has 0 aliphatic carbocycles. The highest BCUT2D eigenvalue weighted by Gasteiger charge is 2.06. The first kappa shape index (κ1) is 14.8. The zero-order valence-electron chi connectivity index (χ0n) is 9.31. The zero-order chi connectivity index (χ0) is 12.7. The molecule has 0 saturated carbocycles. The molecule has 2 nitrogen and oxygen atoms in total. The second-order valence-electron chi connectivity index (χ2n) is 3.66. The number of hydrogen-bond acceptors (Lipinski definition) is 1. The molecule has 0 spiro atoms. The number of alkyl halides is 1. The lowest BCUT2D eigenvalue weighted by molar-refractivity contribution is 0.0953. The Labute approximate surface area is 120 Å². The van der Waals surface area contributed by atoms with Crippen LogP contribution in [0.25, 0.3) is 0 Å². The van der Waals surface area contributed by atoms with Gasteiger partial charge in [-0.15, -0.1) is 0 Å². The maximum Gasteiger partial charge on any atom is 0.251 e. The van der Waals surface area contributed by atoms with Gasteiger partial charge in [-0.05, 0) is 31.0 Å². The molecule has 0 bridgehead atoms. The summed E-state index contributed by atoms with van der Waals surface area (Å²) in [7, 11) is 0. The number of unbranched alkanes of at least 4 members (excludes halogenated alkanes) is 2. The Morgan fingerprint density at radius 2 is 1.76 bits per heavy atom. The van der Waals surface area contributed by atoms with Crippen molar-refractivity contribution in [2.45, 2.75) is 19.3 Å². The Morgan fingerprint density at radius 1 is 1.12 bits per heavy atom. The number of nitrogens with one attached hydrogen (secondary N) is 1. The maximum atomic E-state index is 11.7. The second-order valence-corrected chi connectivity index (χ2v) is 5.33. The average molecular weight is 339 g/mol. The molecule has 0 fully saturated rings. The summed E-state index contributed by atoms with van der Waals surface area (Å²) in [5, 5.41) is 4.79. The molecule has 1 amide bonds. The molecule has 0 radical (unpaired) electrons. The quantitative estimate of drug-likeness (QED) is 0.608. The fraction of sp³-hybridized carbons (Fsp3) is 0.417. The number of hydrogen-bond donors (Lipinski definition) is 1. The summed E-state index contributed by atoms with van der Waals surface area (Å²) in [6, 6.07) is 4.83. The molecule has 0 saturated heterocycles. The molecule has 0 aliphatic rings. The van der Waals surface area contributed by atoms with Gasteiger partial charge in [0.1, 0.15) is 0 Å². The Kier molecular flexibility index (Phi) is 6.93. The maximum absolute atomic E-state index is 11.7. The second kappa shape index (κ2) is 7.96. The van der Waals surface area contributed by atoms with Crippen molar-refractivity contribution in [2.24, 2.45) is 0 Å². The summed E-state index contributed by atoms with van der Waals surface area (Å²) in [4.78, 5) is 11.7. The van der Waals surface area contributed by atoms with Gasteiger partial charge in [-0.1, -0.05) is 45.6 Å². The lowest BCUT2D eigenvalue weighted by Crippen LogP contribution is -2.24. The van der Waals surface area contributed by atoms with Crippen molar-refractivity contribution >= 4 is 45.0 Å². The molecule has 1 rings (SSSR count). The van der Waals surface area contributed by atoms with Crippen LogP contribution >= 0.6 is 39.1 Å². The van der Waals surface area contributed by atoms with E-state index in [1.165, 1.54) is 0 Å². The molecule has 0 unspecified atom stereocenters. The van der Waals surface area contributed by atoms with E-state index < -0.39 is 0 Å². The molecule has 0 aliphatic heterocycles. The first-order valence-electron chi connectivity index (χ1n) is 5.43. The van der Waals surface area contributed by atoms with Gasteiger partial charge in [-0.3, -0.25) is 4.79 Å². The van der Waals surface area contributed by atoms with Crippen LogP contribution in [-0.2, 0) is 0 Å². The van der Waals surface area contributed by atoms with E-state index in [-0.39, 0.29) is 5.91 Å². The molecule has 1 aromatic carbocycles. The Bertz CT molecular complexity index is 365. The predicted molar refractivity (Wildman–Crippen MR) is 76.4 cm³/mol. The zero-order valence-corrected chi connectivity index (χ0v) is 12.4. The van der Waals surface area contributed by atoms with Gasteiger partial charge in [0.15, 0.2) is 0 Å². The summed E-state index contributed by atoms with van der Waals surface area (Å²) >= 11 is 15.0. The third-order valence-corrected chi connectivity index (χ3v) is 3.22. The van der Waals surface area contributed by atoms with Gasteiger partial charge in [0.05, 0.1) is 0 Å². The van der Waals surface area contributed by atoms with E-state index in [9.17, 15) is 4.79 Å². The highest BCUT2D eigenvalue weighted by molar-refractivity contribution is 9.09. The van der Waals surface area contributed by atoms with Crippen molar-refractivity contribution in [3.05, 3.63) is 33.8 Å². The number of carbonyl (C=O) groups excluding carboxylic acids is 1. The summed E-state index contributed by atoms with van der Waals surface area (Å²) in [6.45, 7) is 0.677. The van der Waals surface area contributed by atoms with E-state index in [4.69, 9.17) is 23.2 Å². The van der Waals surface area contributed by atoms with Crippen molar-refractivity contribution in [2.75, 3.05) is 11.9 Å². The van der Waals surface area contributed by atoms with Crippen LogP contribution in [0.2, 0.25) is 10.0 Å². The van der Waals surface area contributed by atoms with Crippen molar-refractivity contribution in [3.8, 4) is 0 Å². The van der Waals surface area contributed by atoms with Crippen LogP contribution in [0.15, 0.2) is 18.2 Å². The van der Waals surface area contributed by atoms with Crippen LogP contribution in [0.5, 0.6) is 0 Å². The van der Waals surface area contributed by atoms with Gasteiger partial charge in [0, 0.05) is 27.5 Å². The third kappa shape index (κ3) is 5.75. The lowest BCUT2D eigenvalue weighted by atomic mass is 10.2. The fourth-order valence-electron chi connectivity index (χ4n) is 1.39. The van der Waals surface area contributed by atoms with Crippen LogP contribution < -0.4 is 5.32 Å². The molecule has 0 heterocycles. The minimum atomic E-state index is -0.131. The minimum absolute atomic E-state index is 0.131. The Hall–Kier alpha value is -0.250. The van der Waals surface area contributed by atoms with Crippen molar-refractivity contribution in [1.29, 1.82) is 0 Å². The third-order valence-electron chi connectivity index (χ3n) is 2.22. The van der Waals surface area contributed by atoms with E-state index in [1.807, 2.05) is 0 Å². The summed E-state index contributed by atoms with van der Waals surface area (Å²) < 4.78 is 0. The van der Waals surface area contributed by atoms with Gasteiger partial charge in [-0.2, -0.15) is 0 Å². The molecule has 0 atom stereocenters. The van der Waals surface area contributed by atoms with E-state index in [1.54, 1.807) is 18.2 Å². The van der Waals surface area contributed by atoms with Gasteiger partial charge >= 0.3 is 0 Å². The molecule has 5 heteroatoms. The van der Waals surface area contributed by atoms with Gasteiger partial charge in [0.25, 0.3) is 5.91 Å². The number of amides is 1. The number of carbonyl (C=O) groups is 1. The van der Waals surface area contributed by atoms with Gasteiger partial charge in [-0.25, -0.2) is 0 Å². The monoisotopic (exact) mass is 337 g/mol. The highest BCUT2D eigenvalue weighted by Crippen LogP contribution is 2.18. The van der Waals surface area contributed by atoms with E-state index in [2.05, 4.69) is 21.2 Å². The first-order chi connectivity index (χ1) is 8.13. The first-order valence-corrected chi connectivity index (χ1v) is 7.31. The van der Waals surface area contributed by atoms with Crippen molar-refractivity contribution in [1.82, 2.24) is 5.32 Å². The molecular formula is C12H14BrCl2NO. The fourth-order valence-corrected chi connectivity index (χ4v) is 2.31. The van der Waals surface area contributed by atoms with Gasteiger partial charge < -0.3 is 5.32 Å². The summed E-state index contributed by atoms with van der Waals surface area (Å²) in [5.41, 5.74) is 0.503. The van der Waals surface area contributed by atoms with E-state index in [0.29, 0.717) is 22.2 Å². The SMILES string of the molecule is O=C(NCCCCCBr)c1cc(Cl)cc(Cl)c1. The van der Waals surface area contributed by atoms with Crippen LogP contribution in [0.3, 0.4) is 0 Å². The van der Waals surface area contributed by atoms with Crippen LogP contribution in [0.4, 0.5) is 0 Å². The molecule has 94 valence electrons. The molecule has 1 aromatic rings. The molecule has 17 heavy (non-hydrogen) atoms. The van der Waals surface area contributed by atoms with Crippen molar-refractivity contribution in [3.63, 3.8) is 0 Å². The summed E-state index contributed by atoms with van der Waals surface area (Å²) in [5.74, 6) is -0.131. The highest BCUT2D eigenvalue weighted by atomic mass is 79.9. The van der Waals surface area contributed by atoms with Crippen molar-refractivity contribution < 1.29 is 4.79 Å². The van der Waals surface area contributed by atoms with Gasteiger partial charge in [0.2, 0.25) is 0 Å². The van der Waals surface area contributed by atoms with Crippen LogP contribution in [0.1, 0.15) is 29.6 Å². The molecule has 0 aromatic heterocycles. The standard InChI is InChI=1S/C12H14BrCl2NO/c13-4-2-1-3-5-16-12(17)9-6-10(14)8-11(15)7-9/h6-8H,1-5H2,(H,16,17). The summed E-state index contributed by atoms with van der Waals surface area (Å²) in [6.07, 6.45) is 3.20. The topological polar surface area (TPSA) is 29.1 Å². The lowest BCUT2D eigenvalue weighted by Gasteiger charge is -2.05. The smallest absolute Gasteiger partial charge is 0.251 e. The Morgan fingerprint density at radius 3 is 2.35 bits per heavy atom. The Balaban J connectivity index is 2.41. The largest absolute Gasteiger partial charge is 0.352 e. The predicted octanol–water partition coefficient (Wildman–Crippen LogP) is 4.29.